The number of rotatable bonds is 6. The molecule has 31 heavy (non-hydrogen) atoms. The molecular formula is C25H25N3O3. The Morgan fingerprint density at radius 1 is 1.13 bits per heavy atom. The maximum Gasteiger partial charge on any atom is 0.252 e. The second-order valence-electron chi connectivity index (χ2n) is 7.41. The van der Waals surface area contributed by atoms with Gasteiger partial charge in [-0.1, -0.05) is 37.3 Å². The van der Waals surface area contributed by atoms with Crippen molar-refractivity contribution in [3.05, 3.63) is 89.1 Å². The van der Waals surface area contributed by atoms with E-state index in [1.165, 1.54) is 0 Å². The van der Waals surface area contributed by atoms with Crippen LogP contribution in [-0.2, 0) is 11.2 Å². The van der Waals surface area contributed by atoms with Gasteiger partial charge in [0, 0.05) is 36.0 Å². The molecule has 0 saturated heterocycles. The van der Waals surface area contributed by atoms with E-state index in [4.69, 9.17) is 4.74 Å². The molecule has 1 atom stereocenters. The minimum absolute atomic E-state index is 0.120. The summed E-state index contributed by atoms with van der Waals surface area (Å²) in [4.78, 5) is 31.4. The fourth-order valence-electron chi connectivity index (χ4n) is 3.99. The first-order valence-corrected chi connectivity index (χ1v) is 10.4. The SMILES string of the molecule is CCC(=O)N1CCc2cc(C(NC(=O)c3ccccc3)c3cccnc3OC)ccc21. The molecule has 2 amide bonds. The van der Waals surface area contributed by atoms with Crippen LogP contribution in [0.3, 0.4) is 0 Å². The first-order valence-electron chi connectivity index (χ1n) is 10.4. The molecule has 4 rings (SSSR count). The topological polar surface area (TPSA) is 71.5 Å². The van der Waals surface area contributed by atoms with Crippen LogP contribution in [0, 0.1) is 0 Å². The highest BCUT2D eigenvalue weighted by Gasteiger charge is 2.27. The highest BCUT2D eigenvalue weighted by atomic mass is 16.5. The molecule has 1 aliphatic rings. The molecule has 1 N–H and O–H groups in total. The van der Waals surface area contributed by atoms with Gasteiger partial charge in [0.15, 0.2) is 0 Å². The molecule has 0 radical (unpaired) electrons. The second kappa shape index (κ2) is 9.00. The molecule has 158 valence electrons. The zero-order valence-electron chi connectivity index (χ0n) is 17.7. The second-order valence-corrected chi connectivity index (χ2v) is 7.41. The van der Waals surface area contributed by atoms with Crippen molar-refractivity contribution in [2.45, 2.75) is 25.8 Å². The lowest BCUT2D eigenvalue weighted by Crippen LogP contribution is -2.30. The third-order valence-corrected chi connectivity index (χ3v) is 5.55. The fraction of sp³-hybridized carbons (Fsp3) is 0.240. The van der Waals surface area contributed by atoms with E-state index < -0.39 is 6.04 Å². The molecule has 2 aromatic carbocycles. The quantitative estimate of drug-likeness (QED) is 0.663. The minimum Gasteiger partial charge on any atom is -0.481 e. The van der Waals surface area contributed by atoms with E-state index in [1.807, 2.05) is 54.3 Å². The van der Waals surface area contributed by atoms with E-state index in [0.29, 0.717) is 24.4 Å². The van der Waals surface area contributed by atoms with E-state index in [1.54, 1.807) is 25.4 Å². The summed E-state index contributed by atoms with van der Waals surface area (Å²) in [6.07, 6.45) is 2.93. The van der Waals surface area contributed by atoms with Gasteiger partial charge in [-0.3, -0.25) is 9.59 Å². The fourth-order valence-corrected chi connectivity index (χ4v) is 3.99. The van der Waals surface area contributed by atoms with Crippen LogP contribution in [0.4, 0.5) is 5.69 Å². The molecule has 0 spiro atoms. The minimum atomic E-state index is -0.447. The van der Waals surface area contributed by atoms with Crippen LogP contribution in [0.15, 0.2) is 66.9 Å². The largest absolute Gasteiger partial charge is 0.481 e. The summed E-state index contributed by atoms with van der Waals surface area (Å²) in [6, 6.07) is 18.4. The van der Waals surface area contributed by atoms with E-state index >= 15 is 0 Å². The van der Waals surface area contributed by atoms with Gasteiger partial charge in [-0.2, -0.15) is 0 Å². The number of pyridine rings is 1. The number of methoxy groups -OCH3 is 1. The summed E-state index contributed by atoms with van der Waals surface area (Å²) >= 11 is 0. The summed E-state index contributed by atoms with van der Waals surface area (Å²) in [5.74, 6) is 0.401. The summed E-state index contributed by atoms with van der Waals surface area (Å²) in [5.41, 5.74) is 4.31. The van der Waals surface area contributed by atoms with Crippen molar-refractivity contribution < 1.29 is 14.3 Å². The van der Waals surface area contributed by atoms with Crippen LogP contribution in [0.1, 0.15) is 46.4 Å². The predicted octanol–water partition coefficient (Wildman–Crippen LogP) is 3.91. The van der Waals surface area contributed by atoms with Crippen molar-refractivity contribution in [3.8, 4) is 5.88 Å². The molecule has 0 bridgehead atoms. The maximum atomic E-state index is 13.0. The van der Waals surface area contributed by atoms with Crippen LogP contribution in [0.2, 0.25) is 0 Å². The normalized spacial score (nSPS) is 13.4. The highest BCUT2D eigenvalue weighted by molar-refractivity contribution is 5.96. The average Bonchev–Trinajstić information content (AvgIpc) is 3.25. The first kappa shape index (κ1) is 20.6. The summed E-state index contributed by atoms with van der Waals surface area (Å²) < 4.78 is 5.48. The van der Waals surface area contributed by atoms with Gasteiger partial charge in [-0.15, -0.1) is 0 Å². The molecule has 0 saturated carbocycles. The molecule has 1 aliphatic heterocycles. The van der Waals surface area contributed by atoms with E-state index in [0.717, 1.165) is 28.8 Å². The average molecular weight is 415 g/mol. The Kier molecular flexibility index (Phi) is 5.98. The zero-order valence-corrected chi connectivity index (χ0v) is 17.7. The van der Waals surface area contributed by atoms with Crippen LogP contribution in [-0.4, -0.2) is 30.5 Å². The van der Waals surface area contributed by atoms with E-state index in [-0.39, 0.29) is 11.8 Å². The van der Waals surface area contributed by atoms with Gasteiger partial charge in [-0.05, 0) is 47.9 Å². The lowest BCUT2D eigenvalue weighted by atomic mass is 9.96. The molecule has 3 aromatic rings. The Bertz CT molecular complexity index is 1100. The molecular weight excluding hydrogens is 390 g/mol. The number of benzene rings is 2. The van der Waals surface area contributed by atoms with Gasteiger partial charge in [0.05, 0.1) is 13.2 Å². The zero-order chi connectivity index (χ0) is 21.8. The molecule has 6 heteroatoms. The Hall–Kier alpha value is -3.67. The molecule has 0 aliphatic carbocycles. The van der Waals surface area contributed by atoms with Crippen molar-refractivity contribution in [2.24, 2.45) is 0 Å². The summed E-state index contributed by atoms with van der Waals surface area (Å²) in [5, 5.41) is 3.14. The third kappa shape index (κ3) is 4.14. The Morgan fingerprint density at radius 3 is 2.68 bits per heavy atom. The monoisotopic (exact) mass is 415 g/mol. The summed E-state index contributed by atoms with van der Waals surface area (Å²) in [6.45, 7) is 2.56. The Balaban J connectivity index is 1.73. The lowest BCUT2D eigenvalue weighted by Gasteiger charge is -2.23. The third-order valence-electron chi connectivity index (χ3n) is 5.55. The maximum absolute atomic E-state index is 13.0. The number of ether oxygens (including phenoxy) is 1. The number of nitrogens with zero attached hydrogens (tertiary/aromatic N) is 2. The Morgan fingerprint density at radius 2 is 1.94 bits per heavy atom. The van der Waals surface area contributed by atoms with Crippen molar-refractivity contribution in [3.63, 3.8) is 0 Å². The lowest BCUT2D eigenvalue weighted by molar-refractivity contribution is -0.118. The van der Waals surface area contributed by atoms with Gasteiger partial charge >= 0.3 is 0 Å². The van der Waals surface area contributed by atoms with Gasteiger partial charge < -0.3 is 15.0 Å². The number of fused-ring (bicyclic) bond motifs is 1. The van der Waals surface area contributed by atoms with Gasteiger partial charge in [0.25, 0.3) is 5.91 Å². The number of hydrogen-bond acceptors (Lipinski definition) is 4. The number of nitrogens with one attached hydrogen (secondary N) is 1. The van der Waals surface area contributed by atoms with Gasteiger partial charge in [-0.25, -0.2) is 4.98 Å². The van der Waals surface area contributed by atoms with Crippen LogP contribution in [0.25, 0.3) is 0 Å². The summed E-state index contributed by atoms with van der Waals surface area (Å²) in [7, 11) is 1.57. The number of carbonyl (C=O) groups is 2. The number of amides is 2. The molecule has 1 aromatic heterocycles. The molecule has 6 nitrogen and oxygen atoms in total. The number of hydrogen-bond donors (Lipinski definition) is 1. The van der Waals surface area contributed by atoms with Crippen molar-refractivity contribution in [2.75, 3.05) is 18.6 Å². The Labute approximate surface area is 181 Å². The van der Waals surface area contributed by atoms with E-state index in [9.17, 15) is 9.59 Å². The number of aromatic nitrogens is 1. The van der Waals surface area contributed by atoms with Crippen molar-refractivity contribution >= 4 is 17.5 Å². The smallest absolute Gasteiger partial charge is 0.252 e. The molecule has 2 heterocycles. The van der Waals surface area contributed by atoms with E-state index in [2.05, 4.69) is 16.4 Å². The van der Waals surface area contributed by atoms with Crippen LogP contribution < -0.4 is 15.0 Å². The van der Waals surface area contributed by atoms with Crippen LogP contribution in [0.5, 0.6) is 5.88 Å². The predicted molar refractivity (Wildman–Crippen MR) is 119 cm³/mol. The number of carbonyl (C=O) groups excluding carboxylic acids is 2. The number of anilines is 1. The highest BCUT2D eigenvalue weighted by Crippen LogP contribution is 2.34. The standard InChI is InChI=1S/C25H25N3O3/c1-3-22(29)28-15-13-18-16-19(11-12-21(18)28)23(20-10-7-14-26-25(20)31-2)27-24(30)17-8-5-4-6-9-17/h4-12,14,16,23H,3,13,15H2,1-2H3,(H,27,30). The van der Waals surface area contributed by atoms with Gasteiger partial charge in [0.2, 0.25) is 11.8 Å². The first-order chi connectivity index (χ1) is 15.1. The molecule has 1 unspecified atom stereocenters. The molecule has 0 fully saturated rings. The van der Waals surface area contributed by atoms with Crippen molar-refractivity contribution in [1.29, 1.82) is 0 Å². The van der Waals surface area contributed by atoms with Crippen molar-refractivity contribution in [1.82, 2.24) is 10.3 Å². The van der Waals surface area contributed by atoms with Gasteiger partial charge in [0.1, 0.15) is 0 Å². The van der Waals surface area contributed by atoms with Crippen LogP contribution >= 0.6 is 0 Å².